The van der Waals surface area contributed by atoms with Gasteiger partial charge in [-0.25, -0.2) is 0 Å². The van der Waals surface area contributed by atoms with Crippen molar-refractivity contribution in [3.05, 3.63) is 138 Å². The summed E-state index contributed by atoms with van der Waals surface area (Å²) in [5, 5.41) is 0. The lowest BCUT2D eigenvalue weighted by Crippen LogP contribution is -2.61. The number of hydrogen-bond donors (Lipinski definition) is 0. The van der Waals surface area contributed by atoms with Crippen molar-refractivity contribution < 1.29 is 28.4 Å². The minimum absolute atomic E-state index is 0.259. The van der Waals surface area contributed by atoms with Crippen molar-refractivity contribution in [3.63, 3.8) is 0 Å². The number of para-hydroxylation sites is 1. The van der Waals surface area contributed by atoms with Crippen molar-refractivity contribution in [1.29, 1.82) is 0 Å². The molecular formula is C35H36O6. The summed E-state index contributed by atoms with van der Waals surface area (Å²) >= 11 is 0. The fraction of sp³-hybridized carbons (Fsp3) is 0.314. The summed E-state index contributed by atoms with van der Waals surface area (Å²) in [5.41, 5.74) is 4.24. The summed E-state index contributed by atoms with van der Waals surface area (Å²) in [7, 11) is 1.73. The summed E-state index contributed by atoms with van der Waals surface area (Å²) < 4.78 is 38.9. The van der Waals surface area contributed by atoms with E-state index in [1.54, 1.807) is 7.11 Å². The van der Waals surface area contributed by atoms with Gasteiger partial charge in [0.05, 0.1) is 44.6 Å². The van der Waals surface area contributed by atoms with E-state index in [9.17, 15) is 0 Å². The lowest BCUT2D eigenvalue weighted by atomic mass is 9.81. The van der Waals surface area contributed by atoms with Crippen LogP contribution in [-0.2, 0) is 43.5 Å². The predicted molar refractivity (Wildman–Crippen MR) is 155 cm³/mol. The third-order valence-corrected chi connectivity index (χ3v) is 7.73. The Bertz CT molecular complexity index is 1350. The van der Waals surface area contributed by atoms with Gasteiger partial charge in [-0.1, -0.05) is 109 Å². The van der Waals surface area contributed by atoms with E-state index in [0.29, 0.717) is 26.4 Å². The molecule has 0 aromatic heterocycles. The van der Waals surface area contributed by atoms with Crippen LogP contribution < -0.4 is 4.74 Å². The Morgan fingerprint density at radius 1 is 0.610 bits per heavy atom. The molecule has 6 atom stereocenters. The fourth-order valence-electron chi connectivity index (χ4n) is 5.73. The molecular weight excluding hydrogens is 516 g/mol. The largest absolute Gasteiger partial charge is 0.464 e. The van der Waals surface area contributed by atoms with Gasteiger partial charge in [0.15, 0.2) is 0 Å². The zero-order valence-corrected chi connectivity index (χ0v) is 23.2. The first-order chi connectivity index (χ1) is 20.3. The van der Waals surface area contributed by atoms with E-state index in [1.807, 2.05) is 78.9 Å². The quantitative estimate of drug-likeness (QED) is 0.212. The molecule has 2 aliphatic rings. The smallest absolute Gasteiger partial charge is 0.208 e. The molecule has 0 spiro atoms. The van der Waals surface area contributed by atoms with Crippen molar-refractivity contribution in [1.82, 2.24) is 0 Å². The van der Waals surface area contributed by atoms with E-state index in [-0.39, 0.29) is 18.1 Å². The highest BCUT2D eigenvalue weighted by Gasteiger charge is 2.54. The van der Waals surface area contributed by atoms with Gasteiger partial charge in [0, 0.05) is 12.7 Å². The zero-order valence-electron chi connectivity index (χ0n) is 23.2. The van der Waals surface area contributed by atoms with E-state index < -0.39 is 18.5 Å². The van der Waals surface area contributed by atoms with Crippen LogP contribution >= 0.6 is 0 Å². The van der Waals surface area contributed by atoms with Crippen molar-refractivity contribution in [2.24, 2.45) is 5.92 Å². The van der Waals surface area contributed by atoms with Gasteiger partial charge in [-0.3, -0.25) is 0 Å². The molecule has 4 aromatic rings. The van der Waals surface area contributed by atoms with Gasteiger partial charge < -0.3 is 28.4 Å². The van der Waals surface area contributed by atoms with Crippen LogP contribution in [0.5, 0.6) is 5.75 Å². The Morgan fingerprint density at radius 2 is 1.15 bits per heavy atom. The van der Waals surface area contributed by atoms with Crippen LogP contribution in [0.3, 0.4) is 0 Å². The molecule has 6 nitrogen and oxygen atoms in total. The van der Waals surface area contributed by atoms with Gasteiger partial charge >= 0.3 is 0 Å². The average molecular weight is 553 g/mol. The van der Waals surface area contributed by atoms with Gasteiger partial charge in [-0.2, -0.15) is 0 Å². The molecule has 41 heavy (non-hydrogen) atoms. The highest BCUT2D eigenvalue weighted by Crippen LogP contribution is 2.47. The lowest BCUT2D eigenvalue weighted by Gasteiger charge is -2.50. The zero-order chi connectivity index (χ0) is 27.9. The minimum atomic E-state index is -0.586. The van der Waals surface area contributed by atoms with Gasteiger partial charge in [0.1, 0.15) is 18.0 Å². The third kappa shape index (κ3) is 6.53. The van der Waals surface area contributed by atoms with Crippen LogP contribution in [0.1, 0.15) is 28.4 Å². The summed E-state index contributed by atoms with van der Waals surface area (Å²) in [5.74, 6) is 0.500. The van der Waals surface area contributed by atoms with E-state index in [1.165, 1.54) is 0 Å². The normalized spacial score (nSPS) is 25.1. The second-order valence-corrected chi connectivity index (χ2v) is 10.5. The van der Waals surface area contributed by atoms with Crippen molar-refractivity contribution in [2.75, 3.05) is 13.7 Å². The van der Waals surface area contributed by atoms with Gasteiger partial charge in [-0.15, -0.1) is 0 Å². The molecule has 0 bridgehead atoms. The standard InChI is InChI=1S/C35H36O6/c1-36-32-28-19-11-12-20-29(28)40-35-31(32)34(39-23-27-17-9-4-10-18-27)33(38-22-26-15-7-3-8-16-26)30(41-35)24-37-21-25-13-5-2-6-14-25/h2-20,30-35H,21-24H2,1H3/t30-,31-,32-,33+,34-,35+/m1/s1. The molecule has 0 N–H and O–H groups in total. The van der Waals surface area contributed by atoms with Crippen LogP contribution in [0, 0.1) is 5.92 Å². The Hall–Kier alpha value is -3.52. The van der Waals surface area contributed by atoms with Crippen LogP contribution in [0.2, 0.25) is 0 Å². The molecule has 212 valence electrons. The Morgan fingerprint density at radius 3 is 1.76 bits per heavy atom. The van der Waals surface area contributed by atoms with Gasteiger partial charge in [0.2, 0.25) is 6.29 Å². The summed E-state index contributed by atoms with van der Waals surface area (Å²) in [6.07, 6.45) is -2.12. The fourth-order valence-corrected chi connectivity index (χ4v) is 5.73. The lowest BCUT2D eigenvalue weighted by molar-refractivity contribution is -0.306. The summed E-state index contributed by atoms with van der Waals surface area (Å²) in [4.78, 5) is 0. The molecule has 2 heterocycles. The molecule has 1 saturated heterocycles. The van der Waals surface area contributed by atoms with Gasteiger partial charge in [-0.05, 0) is 22.8 Å². The minimum Gasteiger partial charge on any atom is -0.464 e. The van der Waals surface area contributed by atoms with E-state index in [0.717, 1.165) is 28.0 Å². The monoisotopic (exact) mass is 552 g/mol. The summed E-state index contributed by atoms with van der Waals surface area (Å²) in [6.45, 7) is 1.64. The SMILES string of the molecule is CO[C@@H]1c2ccccc2O[C@H]2O[C@H](COCc3ccccc3)[C@H](OCc3ccccc3)[C@H](OCc3ccccc3)[C@H]21. The number of rotatable bonds is 11. The van der Waals surface area contributed by atoms with Crippen molar-refractivity contribution in [3.8, 4) is 5.75 Å². The first-order valence-electron chi connectivity index (χ1n) is 14.2. The van der Waals surface area contributed by atoms with Crippen LogP contribution in [0.4, 0.5) is 0 Å². The number of benzene rings is 4. The molecule has 1 fully saturated rings. The first-order valence-corrected chi connectivity index (χ1v) is 14.2. The second-order valence-electron chi connectivity index (χ2n) is 10.5. The number of fused-ring (bicyclic) bond motifs is 2. The van der Waals surface area contributed by atoms with Crippen molar-refractivity contribution in [2.45, 2.75) is 50.5 Å². The maximum Gasteiger partial charge on any atom is 0.208 e. The topological polar surface area (TPSA) is 55.4 Å². The maximum atomic E-state index is 6.76. The predicted octanol–water partition coefficient (Wildman–Crippen LogP) is 6.50. The molecule has 0 saturated carbocycles. The maximum absolute atomic E-state index is 6.76. The van der Waals surface area contributed by atoms with E-state index >= 15 is 0 Å². The highest BCUT2D eigenvalue weighted by molar-refractivity contribution is 5.38. The molecule has 0 radical (unpaired) electrons. The molecule has 0 unspecified atom stereocenters. The number of methoxy groups -OCH3 is 1. The Balaban J connectivity index is 1.31. The molecule has 0 amide bonds. The van der Waals surface area contributed by atoms with Crippen LogP contribution in [0.25, 0.3) is 0 Å². The van der Waals surface area contributed by atoms with Crippen molar-refractivity contribution >= 4 is 0 Å². The molecule has 2 aliphatic heterocycles. The van der Waals surface area contributed by atoms with Gasteiger partial charge in [0.25, 0.3) is 0 Å². The molecule has 6 rings (SSSR count). The number of hydrogen-bond acceptors (Lipinski definition) is 6. The average Bonchev–Trinajstić information content (AvgIpc) is 3.03. The molecule has 0 aliphatic carbocycles. The van der Waals surface area contributed by atoms with Crippen LogP contribution in [0.15, 0.2) is 115 Å². The first kappa shape index (κ1) is 27.6. The Kier molecular flexibility index (Phi) is 9.05. The Labute approximate surface area is 241 Å². The summed E-state index contributed by atoms with van der Waals surface area (Å²) in [6, 6.07) is 38.4. The van der Waals surface area contributed by atoms with E-state index in [4.69, 9.17) is 28.4 Å². The van der Waals surface area contributed by atoms with Crippen LogP contribution in [-0.4, -0.2) is 38.3 Å². The second kappa shape index (κ2) is 13.4. The van der Waals surface area contributed by atoms with E-state index in [2.05, 4.69) is 36.4 Å². The molecule has 4 aromatic carbocycles. The number of ether oxygens (including phenoxy) is 6. The third-order valence-electron chi connectivity index (χ3n) is 7.73. The molecule has 6 heteroatoms. The highest BCUT2D eigenvalue weighted by atomic mass is 16.7.